The van der Waals surface area contributed by atoms with E-state index in [4.69, 9.17) is 0 Å². The molecule has 0 bridgehead atoms. The van der Waals surface area contributed by atoms with E-state index in [1.807, 2.05) is 61.7 Å². The second-order valence-electron chi connectivity index (χ2n) is 6.72. The van der Waals surface area contributed by atoms with Crippen LogP contribution in [0.1, 0.15) is 34.6 Å². The summed E-state index contributed by atoms with van der Waals surface area (Å²) in [5.74, 6) is -0.0234. The molecule has 1 aliphatic carbocycles. The van der Waals surface area contributed by atoms with Crippen LogP contribution in [0, 0.1) is 12.8 Å². The number of benzene rings is 1. The minimum absolute atomic E-state index is 0.193. The number of hydrogen-bond acceptors (Lipinski definition) is 3. The summed E-state index contributed by atoms with van der Waals surface area (Å²) in [5, 5.41) is 14.1. The SMILES string of the molecule is Cc1nc2ccccn2c1C(=O)NC[C@@](O)(c1ccccc1)C1CC1. The van der Waals surface area contributed by atoms with Gasteiger partial charge in [0.1, 0.15) is 16.9 Å². The molecule has 1 saturated carbocycles. The van der Waals surface area contributed by atoms with Crippen LogP contribution in [0.25, 0.3) is 5.65 Å². The van der Waals surface area contributed by atoms with Crippen molar-refractivity contribution in [2.24, 2.45) is 5.92 Å². The molecule has 4 rings (SSSR count). The third-order valence-corrected chi connectivity index (χ3v) is 4.96. The molecule has 128 valence electrons. The van der Waals surface area contributed by atoms with Crippen molar-refractivity contribution in [3.8, 4) is 0 Å². The Morgan fingerprint density at radius 1 is 1.24 bits per heavy atom. The van der Waals surface area contributed by atoms with E-state index in [-0.39, 0.29) is 18.4 Å². The number of carbonyl (C=O) groups is 1. The van der Waals surface area contributed by atoms with Crippen LogP contribution in [-0.4, -0.2) is 26.9 Å². The summed E-state index contributed by atoms with van der Waals surface area (Å²) in [6.45, 7) is 2.02. The lowest BCUT2D eigenvalue weighted by atomic mass is 9.88. The number of aliphatic hydroxyl groups is 1. The highest BCUT2D eigenvalue weighted by atomic mass is 16.3. The average Bonchev–Trinajstić information content (AvgIpc) is 3.43. The van der Waals surface area contributed by atoms with Gasteiger partial charge in [-0.15, -0.1) is 0 Å². The van der Waals surface area contributed by atoms with Crippen LogP contribution in [0.5, 0.6) is 0 Å². The van der Waals surface area contributed by atoms with E-state index in [0.29, 0.717) is 11.4 Å². The lowest BCUT2D eigenvalue weighted by molar-refractivity contribution is 0.0134. The third-order valence-electron chi connectivity index (χ3n) is 4.96. The summed E-state index contributed by atoms with van der Waals surface area (Å²) in [6, 6.07) is 15.2. The molecule has 2 heterocycles. The number of fused-ring (bicyclic) bond motifs is 1. The van der Waals surface area contributed by atoms with E-state index in [2.05, 4.69) is 10.3 Å². The van der Waals surface area contributed by atoms with Crippen molar-refractivity contribution in [1.29, 1.82) is 0 Å². The normalized spacial score (nSPS) is 16.6. The quantitative estimate of drug-likeness (QED) is 0.753. The molecule has 1 aromatic carbocycles. The highest BCUT2D eigenvalue weighted by Crippen LogP contribution is 2.45. The number of rotatable bonds is 5. The number of pyridine rings is 1. The van der Waals surface area contributed by atoms with Gasteiger partial charge in [-0.05, 0) is 43.4 Å². The van der Waals surface area contributed by atoms with Gasteiger partial charge in [0, 0.05) is 6.20 Å². The van der Waals surface area contributed by atoms with Crippen molar-refractivity contribution in [3.05, 3.63) is 71.7 Å². The van der Waals surface area contributed by atoms with Crippen molar-refractivity contribution in [2.75, 3.05) is 6.54 Å². The van der Waals surface area contributed by atoms with E-state index in [1.165, 1.54) is 0 Å². The van der Waals surface area contributed by atoms with Crippen LogP contribution in [0.3, 0.4) is 0 Å². The summed E-state index contributed by atoms with van der Waals surface area (Å²) >= 11 is 0. The molecule has 1 aliphatic rings. The van der Waals surface area contributed by atoms with Crippen molar-refractivity contribution in [3.63, 3.8) is 0 Å². The van der Waals surface area contributed by atoms with E-state index in [0.717, 1.165) is 24.1 Å². The molecule has 5 nitrogen and oxygen atoms in total. The molecular formula is C20H21N3O2. The fourth-order valence-corrected chi connectivity index (χ4v) is 3.46. The lowest BCUT2D eigenvalue weighted by Gasteiger charge is -2.29. The molecule has 1 fully saturated rings. The van der Waals surface area contributed by atoms with Gasteiger partial charge in [-0.2, -0.15) is 0 Å². The van der Waals surface area contributed by atoms with Gasteiger partial charge in [-0.3, -0.25) is 9.20 Å². The maximum Gasteiger partial charge on any atom is 0.270 e. The van der Waals surface area contributed by atoms with Crippen molar-refractivity contribution in [1.82, 2.24) is 14.7 Å². The molecular weight excluding hydrogens is 314 g/mol. The first kappa shape index (κ1) is 15.8. The van der Waals surface area contributed by atoms with Crippen molar-refractivity contribution < 1.29 is 9.90 Å². The molecule has 5 heteroatoms. The first-order valence-corrected chi connectivity index (χ1v) is 8.59. The first-order valence-electron chi connectivity index (χ1n) is 8.59. The minimum Gasteiger partial charge on any atom is -0.383 e. The van der Waals surface area contributed by atoms with Crippen molar-refractivity contribution >= 4 is 11.6 Å². The summed E-state index contributed by atoms with van der Waals surface area (Å²) in [4.78, 5) is 17.2. The zero-order valence-corrected chi connectivity index (χ0v) is 14.1. The van der Waals surface area contributed by atoms with Crippen LogP contribution < -0.4 is 5.32 Å². The molecule has 0 spiro atoms. The fraction of sp³-hybridized carbons (Fsp3) is 0.300. The predicted molar refractivity (Wildman–Crippen MR) is 95.3 cm³/mol. The molecule has 0 saturated heterocycles. The van der Waals surface area contributed by atoms with Gasteiger partial charge >= 0.3 is 0 Å². The van der Waals surface area contributed by atoms with Gasteiger partial charge in [-0.25, -0.2) is 4.98 Å². The second-order valence-corrected chi connectivity index (χ2v) is 6.72. The number of amides is 1. The van der Waals surface area contributed by atoms with Crippen LogP contribution in [0.2, 0.25) is 0 Å². The van der Waals surface area contributed by atoms with Gasteiger partial charge in [0.25, 0.3) is 5.91 Å². The van der Waals surface area contributed by atoms with Gasteiger partial charge < -0.3 is 10.4 Å². The zero-order valence-electron chi connectivity index (χ0n) is 14.1. The number of nitrogens with one attached hydrogen (secondary N) is 1. The smallest absolute Gasteiger partial charge is 0.270 e. The maximum absolute atomic E-state index is 12.8. The number of hydrogen-bond donors (Lipinski definition) is 2. The lowest BCUT2D eigenvalue weighted by Crippen LogP contribution is -2.42. The largest absolute Gasteiger partial charge is 0.383 e. The highest BCUT2D eigenvalue weighted by Gasteiger charge is 2.45. The Balaban J connectivity index is 1.59. The number of aryl methyl sites for hydroxylation is 1. The van der Waals surface area contributed by atoms with Crippen molar-refractivity contribution in [2.45, 2.75) is 25.4 Å². The summed E-state index contributed by atoms with van der Waals surface area (Å²) in [5.41, 5.74) is 1.77. The molecule has 1 amide bonds. The monoisotopic (exact) mass is 335 g/mol. The van der Waals surface area contributed by atoms with E-state index >= 15 is 0 Å². The Labute approximate surface area is 146 Å². The Bertz CT molecular complexity index is 915. The molecule has 0 radical (unpaired) electrons. The Morgan fingerprint density at radius 2 is 1.96 bits per heavy atom. The van der Waals surface area contributed by atoms with Gasteiger partial charge in [0.05, 0.1) is 12.2 Å². The Kier molecular flexibility index (Phi) is 3.81. The molecule has 25 heavy (non-hydrogen) atoms. The van der Waals surface area contributed by atoms with Crippen LogP contribution in [0.4, 0.5) is 0 Å². The number of carbonyl (C=O) groups excluding carboxylic acids is 1. The number of aromatic nitrogens is 2. The van der Waals surface area contributed by atoms with E-state index < -0.39 is 5.60 Å². The van der Waals surface area contributed by atoms with Gasteiger partial charge in [0.15, 0.2) is 0 Å². The first-order chi connectivity index (χ1) is 12.1. The minimum atomic E-state index is -1.02. The Hall–Kier alpha value is -2.66. The molecule has 0 unspecified atom stereocenters. The summed E-state index contributed by atoms with van der Waals surface area (Å²) < 4.78 is 1.78. The summed E-state index contributed by atoms with van der Waals surface area (Å²) in [7, 11) is 0. The van der Waals surface area contributed by atoms with Crippen LogP contribution >= 0.6 is 0 Å². The fourth-order valence-electron chi connectivity index (χ4n) is 3.46. The molecule has 1 atom stereocenters. The third kappa shape index (κ3) is 2.81. The van der Waals surface area contributed by atoms with E-state index in [9.17, 15) is 9.90 Å². The van der Waals surface area contributed by atoms with E-state index in [1.54, 1.807) is 4.40 Å². The van der Waals surface area contributed by atoms with Crippen LogP contribution in [-0.2, 0) is 5.60 Å². The maximum atomic E-state index is 12.8. The summed E-state index contributed by atoms with van der Waals surface area (Å²) in [6.07, 6.45) is 3.79. The average molecular weight is 335 g/mol. The number of nitrogens with zero attached hydrogens (tertiary/aromatic N) is 2. The predicted octanol–water partition coefficient (Wildman–Crippen LogP) is 2.67. The molecule has 0 aliphatic heterocycles. The van der Waals surface area contributed by atoms with Crippen LogP contribution in [0.15, 0.2) is 54.7 Å². The zero-order chi connectivity index (χ0) is 17.4. The Morgan fingerprint density at radius 3 is 2.68 bits per heavy atom. The molecule has 3 aromatic rings. The molecule has 2 N–H and O–H groups in total. The topological polar surface area (TPSA) is 66.6 Å². The van der Waals surface area contributed by atoms with Gasteiger partial charge in [-0.1, -0.05) is 36.4 Å². The highest BCUT2D eigenvalue weighted by molar-refractivity contribution is 5.94. The number of imidazole rings is 1. The molecule has 2 aromatic heterocycles. The standard InChI is InChI=1S/C20H21N3O2/c1-14-18(23-12-6-5-9-17(23)22-14)19(24)21-13-20(25,16-10-11-16)15-7-3-2-4-8-15/h2-9,12,16,25H,10-11,13H2,1H3,(H,21,24)/t20-/m1/s1. The van der Waals surface area contributed by atoms with Gasteiger partial charge in [0.2, 0.25) is 0 Å². The second kappa shape index (κ2) is 6.01.